The van der Waals surface area contributed by atoms with Crippen LogP contribution in [0.4, 0.5) is 5.69 Å². The number of hydrogen-bond acceptors (Lipinski definition) is 4. The smallest absolute Gasteiger partial charge is 0.328 e. The summed E-state index contributed by atoms with van der Waals surface area (Å²) in [4.78, 5) is 24.1. The lowest BCUT2D eigenvalue weighted by molar-refractivity contribution is -0.134. The topological polar surface area (TPSA) is 81.1 Å². The molecule has 2 aromatic rings. The molecule has 28 heavy (non-hydrogen) atoms. The lowest BCUT2D eigenvalue weighted by Crippen LogP contribution is -2.44. The first-order valence-corrected chi connectivity index (χ1v) is 9.20. The molecule has 0 bridgehead atoms. The summed E-state index contributed by atoms with van der Waals surface area (Å²) in [5.74, 6) is -2.51. The highest BCUT2D eigenvalue weighted by atomic mass is 16.4. The molecule has 1 saturated heterocycles. The maximum Gasteiger partial charge on any atom is 0.328 e. The van der Waals surface area contributed by atoms with E-state index in [4.69, 9.17) is 10.2 Å². The molecule has 0 radical (unpaired) electrons. The van der Waals surface area contributed by atoms with E-state index in [9.17, 15) is 9.59 Å². The summed E-state index contributed by atoms with van der Waals surface area (Å²) in [5, 5.41) is 15.6. The maximum atomic E-state index is 9.55. The van der Waals surface area contributed by atoms with Crippen molar-refractivity contribution in [2.75, 3.05) is 25.2 Å². The van der Waals surface area contributed by atoms with Gasteiger partial charge in [0.05, 0.1) is 12.7 Å². The van der Waals surface area contributed by atoms with E-state index < -0.39 is 11.9 Å². The Labute approximate surface area is 164 Å². The van der Waals surface area contributed by atoms with Gasteiger partial charge >= 0.3 is 11.9 Å². The fraction of sp³-hybridized carbons (Fsp3) is 0.273. The van der Waals surface area contributed by atoms with Crippen LogP contribution >= 0.6 is 0 Å². The third kappa shape index (κ3) is 4.58. The number of fused-ring (bicyclic) bond motifs is 5. The van der Waals surface area contributed by atoms with Crippen molar-refractivity contribution < 1.29 is 19.8 Å². The molecular formula is C22H24N2O4. The van der Waals surface area contributed by atoms with Gasteiger partial charge in [-0.25, -0.2) is 9.59 Å². The molecule has 1 fully saturated rings. The van der Waals surface area contributed by atoms with Crippen molar-refractivity contribution in [1.29, 1.82) is 0 Å². The summed E-state index contributed by atoms with van der Waals surface area (Å²) in [7, 11) is 2.22. The number of para-hydroxylation sites is 1. The number of aliphatic carboxylic acids is 2. The first-order chi connectivity index (χ1) is 13.5. The van der Waals surface area contributed by atoms with Crippen molar-refractivity contribution in [3.8, 4) is 0 Å². The number of benzene rings is 2. The number of carboxylic acid groups (broad SMARTS) is 2. The van der Waals surface area contributed by atoms with E-state index in [0.717, 1.165) is 13.1 Å². The summed E-state index contributed by atoms with van der Waals surface area (Å²) < 4.78 is 0. The number of carbonyl (C=O) groups is 2. The summed E-state index contributed by atoms with van der Waals surface area (Å²) in [6.07, 6.45) is 3.38. The first kappa shape index (κ1) is 19.6. The number of hydrogen-bond donors (Lipinski definition) is 2. The zero-order valence-electron chi connectivity index (χ0n) is 15.8. The number of anilines is 1. The van der Waals surface area contributed by atoms with Crippen LogP contribution in [0, 0.1) is 0 Å². The van der Waals surface area contributed by atoms with Crippen molar-refractivity contribution in [3.63, 3.8) is 0 Å². The molecule has 1 unspecified atom stereocenters. The Balaban J connectivity index is 0.000000242. The zero-order chi connectivity index (χ0) is 20.1. The average molecular weight is 380 g/mol. The van der Waals surface area contributed by atoms with Gasteiger partial charge in [-0.05, 0) is 42.6 Å². The molecule has 0 aromatic heterocycles. The van der Waals surface area contributed by atoms with E-state index in [-0.39, 0.29) is 0 Å². The van der Waals surface area contributed by atoms with Gasteiger partial charge in [0.2, 0.25) is 0 Å². The third-order valence-electron chi connectivity index (χ3n) is 5.02. The van der Waals surface area contributed by atoms with Crippen molar-refractivity contribution >= 4 is 17.6 Å². The fourth-order valence-electron chi connectivity index (χ4n) is 3.80. The van der Waals surface area contributed by atoms with Gasteiger partial charge in [-0.2, -0.15) is 0 Å². The molecule has 0 aliphatic carbocycles. The minimum Gasteiger partial charge on any atom is -0.478 e. The van der Waals surface area contributed by atoms with E-state index in [2.05, 4.69) is 65.4 Å². The van der Waals surface area contributed by atoms with Gasteiger partial charge in [-0.1, -0.05) is 42.5 Å². The number of rotatable bonds is 2. The van der Waals surface area contributed by atoms with Gasteiger partial charge in [-0.15, -0.1) is 0 Å². The molecule has 4 rings (SSSR count). The van der Waals surface area contributed by atoms with Crippen molar-refractivity contribution in [2.24, 2.45) is 0 Å². The summed E-state index contributed by atoms with van der Waals surface area (Å²) in [6, 6.07) is 18.4. The molecule has 1 atom stereocenters. The van der Waals surface area contributed by atoms with Crippen molar-refractivity contribution in [3.05, 3.63) is 77.4 Å². The van der Waals surface area contributed by atoms with Gasteiger partial charge in [-0.3, -0.25) is 4.90 Å². The average Bonchev–Trinajstić information content (AvgIpc) is 2.81. The molecule has 6 heteroatoms. The molecular weight excluding hydrogens is 356 g/mol. The summed E-state index contributed by atoms with van der Waals surface area (Å²) in [5.41, 5.74) is 5.90. The second-order valence-corrected chi connectivity index (χ2v) is 7.01. The van der Waals surface area contributed by atoms with Crippen LogP contribution in [0.1, 0.15) is 29.2 Å². The molecule has 2 aliphatic heterocycles. The Morgan fingerprint density at radius 3 is 2.25 bits per heavy atom. The molecule has 2 N–H and O–H groups in total. The van der Waals surface area contributed by atoms with Gasteiger partial charge in [0.15, 0.2) is 0 Å². The van der Waals surface area contributed by atoms with Gasteiger partial charge in [0, 0.05) is 24.4 Å². The Morgan fingerprint density at radius 2 is 1.57 bits per heavy atom. The van der Waals surface area contributed by atoms with Gasteiger partial charge in [0.25, 0.3) is 0 Å². The monoisotopic (exact) mass is 380 g/mol. The van der Waals surface area contributed by atoms with Crippen LogP contribution in [-0.2, 0) is 16.0 Å². The van der Waals surface area contributed by atoms with Crippen LogP contribution in [0.2, 0.25) is 0 Å². The zero-order valence-corrected chi connectivity index (χ0v) is 15.8. The van der Waals surface area contributed by atoms with Crippen molar-refractivity contribution in [1.82, 2.24) is 4.90 Å². The highest BCUT2D eigenvalue weighted by Crippen LogP contribution is 2.40. The molecule has 2 aromatic carbocycles. The normalized spacial score (nSPS) is 18.2. The lowest BCUT2D eigenvalue weighted by atomic mass is 9.95. The third-order valence-corrected chi connectivity index (χ3v) is 5.02. The van der Waals surface area contributed by atoms with Crippen molar-refractivity contribution in [2.45, 2.75) is 18.9 Å². The minimum atomic E-state index is -1.26. The van der Waals surface area contributed by atoms with E-state index in [1.807, 2.05) is 0 Å². The van der Waals surface area contributed by atoms with E-state index in [1.54, 1.807) is 0 Å². The van der Waals surface area contributed by atoms with Crippen LogP contribution in [0.3, 0.4) is 0 Å². The van der Waals surface area contributed by atoms with Crippen LogP contribution in [0.25, 0.3) is 0 Å². The first-order valence-electron chi connectivity index (χ1n) is 9.20. The molecule has 146 valence electrons. The Kier molecular flexibility index (Phi) is 6.11. The van der Waals surface area contributed by atoms with Crippen LogP contribution in [-0.4, -0.2) is 47.3 Å². The summed E-state index contributed by atoms with van der Waals surface area (Å²) >= 11 is 0. The standard InChI is InChI=1S/C18H20N2.C4H4O4/c1-19-11-10-18-16-8-4-2-6-14(16)12-15-7-3-5-9-17(15)20(18)13-19;5-3(6)1-2-4(7)8/h2-9,18H,10-13H2,1H3;1-2H,(H,5,6)(H,7,8). The second kappa shape index (κ2) is 8.71. The number of carboxylic acids is 2. The predicted octanol–water partition coefficient (Wildman–Crippen LogP) is 3.14. The second-order valence-electron chi connectivity index (χ2n) is 7.01. The largest absolute Gasteiger partial charge is 0.478 e. The van der Waals surface area contributed by atoms with E-state index in [1.165, 1.54) is 35.3 Å². The quantitative estimate of drug-likeness (QED) is 0.779. The molecule has 0 spiro atoms. The Bertz CT molecular complexity index is 878. The molecule has 2 aliphatic rings. The highest BCUT2D eigenvalue weighted by Gasteiger charge is 2.31. The molecule has 0 amide bonds. The maximum absolute atomic E-state index is 9.55. The number of nitrogens with zero attached hydrogens (tertiary/aromatic N) is 2. The Hall–Kier alpha value is -3.12. The highest BCUT2D eigenvalue weighted by molar-refractivity contribution is 5.89. The minimum absolute atomic E-state index is 0.533. The van der Waals surface area contributed by atoms with Gasteiger partial charge in [0.1, 0.15) is 0 Å². The molecule has 0 saturated carbocycles. The molecule has 2 heterocycles. The predicted molar refractivity (Wildman–Crippen MR) is 107 cm³/mol. The van der Waals surface area contributed by atoms with E-state index in [0.29, 0.717) is 18.2 Å². The van der Waals surface area contributed by atoms with Crippen LogP contribution in [0.15, 0.2) is 60.7 Å². The fourth-order valence-corrected chi connectivity index (χ4v) is 3.80. The molecule has 6 nitrogen and oxygen atoms in total. The van der Waals surface area contributed by atoms with Crippen LogP contribution in [0.5, 0.6) is 0 Å². The van der Waals surface area contributed by atoms with Crippen LogP contribution < -0.4 is 4.90 Å². The van der Waals surface area contributed by atoms with Gasteiger partial charge < -0.3 is 15.1 Å². The lowest BCUT2D eigenvalue weighted by Gasteiger charge is -2.42. The van der Waals surface area contributed by atoms with E-state index >= 15 is 0 Å². The summed E-state index contributed by atoms with van der Waals surface area (Å²) in [6.45, 7) is 2.20. The Morgan fingerprint density at radius 1 is 0.964 bits per heavy atom. The SMILES string of the molecule is CN1CCC2c3ccccc3Cc3ccccc3N2C1.O=C(O)C=CC(=O)O.